The molecular weight excluding hydrogens is 288 g/mol. The minimum Gasteiger partial charge on any atom is -0.488 e. The summed E-state index contributed by atoms with van der Waals surface area (Å²) in [7, 11) is 0. The van der Waals surface area contributed by atoms with E-state index in [1.54, 1.807) is 0 Å². The van der Waals surface area contributed by atoms with Gasteiger partial charge in [-0.15, -0.1) is 0 Å². The molecule has 0 radical (unpaired) electrons. The van der Waals surface area contributed by atoms with Crippen LogP contribution in [-0.2, 0) is 6.61 Å². The fraction of sp³-hybridized carbons (Fsp3) is 0.316. The Hall–Kier alpha value is -2.33. The monoisotopic (exact) mass is 310 g/mol. The molecule has 0 saturated carbocycles. The van der Waals surface area contributed by atoms with E-state index < -0.39 is 0 Å². The third kappa shape index (κ3) is 3.90. The molecule has 0 spiro atoms. The lowest BCUT2D eigenvalue weighted by Gasteiger charge is -2.15. The van der Waals surface area contributed by atoms with Gasteiger partial charge in [0, 0.05) is 12.6 Å². The molecule has 2 N–H and O–H groups in total. The minimum absolute atomic E-state index is 0.0703. The summed E-state index contributed by atoms with van der Waals surface area (Å²) in [5.74, 6) is 0.554. The van der Waals surface area contributed by atoms with E-state index in [2.05, 4.69) is 23.6 Å². The van der Waals surface area contributed by atoms with E-state index in [4.69, 9.17) is 4.74 Å². The van der Waals surface area contributed by atoms with Crippen molar-refractivity contribution in [2.45, 2.75) is 26.0 Å². The van der Waals surface area contributed by atoms with Gasteiger partial charge in [-0.3, -0.25) is 4.79 Å². The molecular formula is C19H22N2O2. The van der Waals surface area contributed by atoms with Crippen molar-refractivity contribution in [3.8, 4) is 5.75 Å². The van der Waals surface area contributed by atoms with E-state index >= 15 is 0 Å². The number of amides is 1. The van der Waals surface area contributed by atoms with Crippen LogP contribution in [0.5, 0.6) is 5.75 Å². The number of rotatable bonds is 5. The molecule has 1 atom stereocenters. The van der Waals surface area contributed by atoms with Crippen molar-refractivity contribution < 1.29 is 9.53 Å². The Labute approximate surface area is 136 Å². The van der Waals surface area contributed by atoms with Crippen molar-refractivity contribution in [1.82, 2.24) is 10.6 Å². The Bertz CT molecular complexity index is 679. The fourth-order valence-electron chi connectivity index (χ4n) is 2.75. The molecule has 0 aromatic heterocycles. The van der Waals surface area contributed by atoms with Gasteiger partial charge >= 0.3 is 0 Å². The maximum atomic E-state index is 12.5. The Morgan fingerprint density at radius 2 is 2.00 bits per heavy atom. The summed E-state index contributed by atoms with van der Waals surface area (Å²) >= 11 is 0. The van der Waals surface area contributed by atoms with Crippen molar-refractivity contribution in [2.24, 2.45) is 0 Å². The number of hydrogen-bond donors (Lipinski definition) is 2. The highest BCUT2D eigenvalue weighted by molar-refractivity contribution is 5.97. The van der Waals surface area contributed by atoms with Crippen molar-refractivity contribution >= 4 is 5.91 Å². The summed E-state index contributed by atoms with van der Waals surface area (Å²) in [6.07, 6.45) is 0.970. The number of aryl methyl sites for hydroxylation is 1. The number of nitrogens with one attached hydrogen (secondary N) is 2. The van der Waals surface area contributed by atoms with E-state index in [0.717, 1.165) is 25.1 Å². The zero-order chi connectivity index (χ0) is 16.1. The number of carbonyl (C=O) groups is 1. The first-order valence-electron chi connectivity index (χ1n) is 8.02. The highest BCUT2D eigenvalue weighted by Crippen LogP contribution is 2.20. The molecule has 1 aliphatic rings. The lowest BCUT2D eigenvalue weighted by atomic mass is 10.1. The third-order valence-corrected chi connectivity index (χ3v) is 4.17. The number of benzene rings is 2. The lowest BCUT2D eigenvalue weighted by Crippen LogP contribution is -2.36. The lowest BCUT2D eigenvalue weighted by molar-refractivity contribution is 0.0935. The molecule has 1 amide bonds. The van der Waals surface area contributed by atoms with Crippen LogP contribution >= 0.6 is 0 Å². The second kappa shape index (κ2) is 7.29. The number of carbonyl (C=O) groups excluding carboxylic acids is 1. The fourth-order valence-corrected chi connectivity index (χ4v) is 2.75. The SMILES string of the molecule is Cc1ccccc1COc1ccccc1C(=O)NC1CCNC1. The summed E-state index contributed by atoms with van der Waals surface area (Å²) in [6.45, 7) is 4.31. The number of para-hydroxylation sites is 1. The highest BCUT2D eigenvalue weighted by atomic mass is 16.5. The molecule has 4 nitrogen and oxygen atoms in total. The van der Waals surface area contributed by atoms with Crippen LogP contribution in [0.15, 0.2) is 48.5 Å². The summed E-state index contributed by atoms with van der Waals surface area (Å²) in [6, 6.07) is 15.7. The standard InChI is InChI=1S/C19H22N2O2/c1-14-6-2-3-7-15(14)13-23-18-9-5-4-8-17(18)19(22)21-16-10-11-20-12-16/h2-9,16,20H,10-13H2,1H3,(H,21,22). The molecule has 0 aliphatic carbocycles. The van der Waals surface area contributed by atoms with Gasteiger partial charge in [0.25, 0.3) is 5.91 Å². The predicted octanol–water partition coefficient (Wildman–Crippen LogP) is 2.67. The molecule has 3 rings (SSSR count). The average Bonchev–Trinajstić information content (AvgIpc) is 3.07. The first-order chi connectivity index (χ1) is 11.2. The zero-order valence-corrected chi connectivity index (χ0v) is 13.3. The maximum absolute atomic E-state index is 12.5. The van der Waals surface area contributed by atoms with Crippen molar-refractivity contribution in [3.05, 3.63) is 65.2 Å². The summed E-state index contributed by atoms with van der Waals surface area (Å²) in [4.78, 5) is 12.5. The van der Waals surface area contributed by atoms with E-state index in [0.29, 0.717) is 17.9 Å². The normalized spacial score (nSPS) is 17.0. The van der Waals surface area contributed by atoms with Gasteiger partial charge in [0.05, 0.1) is 5.56 Å². The van der Waals surface area contributed by atoms with Crippen LogP contribution in [0.2, 0.25) is 0 Å². The van der Waals surface area contributed by atoms with Crippen LogP contribution in [0, 0.1) is 6.92 Å². The Kier molecular flexibility index (Phi) is 4.93. The number of ether oxygens (including phenoxy) is 1. The van der Waals surface area contributed by atoms with Gasteiger partial charge in [-0.25, -0.2) is 0 Å². The van der Waals surface area contributed by atoms with Crippen LogP contribution in [0.3, 0.4) is 0 Å². The molecule has 1 fully saturated rings. The summed E-state index contributed by atoms with van der Waals surface area (Å²) in [5, 5.41) is 6.31. The second-order valence-electron chi connectivity index (χ2n) is 5.87. The van der Waals surface area contributed by atoms with Crippen LogP contribution in [0.4, 0.5) is 0 Å². The predicted molar refractivity (Wildman–Crippen MR) is 90.7 cm³/mol. The topological polar surface area (TPSA) is 50.4 Å². The highest BCUT2D eigenvalue weighted by Gasteiger charge is 2.19. The van der Waals surface area contributed by atoms with Gasteiger partial charge < -0.3 is 15.4 Å². The molecule has 2 aromatic rings. The average molecular weight is 310 g/mol. The molecule has 23 heavy (non-hydrogen) atoms. The molecule has 1 saturated heterocycles. The first-order valence-corrected chi connectivity index (χ1v) is 8.02. The van der Waals surface area contributed by atoms with Crippen LogP contribution < -0.4 is 15.4 Å². The molecule has 1 unspecified atom stereocenters. The zero-order valence-electron chi connectivity index (χ0n) is 13.3. The Balaban J connectivity index is 1.70. The molecule has 1 aliphatic heterocycles. The van der Waals surface area contributed by atoms with Gasteiger partial charge in [0.15, 0.2) is 0 Å². The van der Waals surface area contributed by atoms with Crippen molar-refractivity contribution in [3.63, 3.8) is 0 Å². The van der Waals surface area contributed by atoms with Gasteiger partial charge in [0.1, 0.15) is 12.4 Å². The Morgan fingerprint density at radius 3 is 2.78 bits per heavy atom. The minimum atomic E-state index is -0.0703. The Morgan fingerprint density at radius 1 is 1.22 bits per heavy atom. The maximum Gasteiger partial charge on any atom is 0.255 e. The van der Waals surface area contributed by atoms with Crippen molar-refractivity contribution in [1.29, 1.82) is 0 Å². The first kappa shape index (κ1) is 15.6. The molecule has 2 aromatic carbocycles. The van der Waals surface area contributed by atoms with E-state index in [-0.39, 0.29) is 11.9 Å². The van der Waals surface area contributed by atoms with Crippen molar-refractivity contribution in [2.75, 3.05) is 13.1 Å². The van der Waals surface area contributed by atoms with Crippen LogP contribution in [0.1, 0.15) is 27.9 Å². The van der Waals surface area contributed by atoms with Gasteiger partial charge in [-0.1, -0.05) is 36.4 Å². The van der Waals surface area contributed by atoms with Gasteiger partial charge in [-0.05, 0) is 43.1 Å². The third-order valence-electron chi connectivity index (χ3n) is 4.17. The molecule has 120 valence electrons. The van der Waals surface area contributed by atoms with E-state index in [1.165, 1.54) is 5.56 Å². The second-order valence-corrected chi connectivity index (χ2v) is 5.87. The molecule has 0 bridgehead atoms. The van der Waals surface area contributed by atoms with E-state index in [1.807, 2.05) is 42.5 Å². The number of hydrogen-bond acceptors (Lipinski definition) is 3. The van der Waals surface area contributed by atoms with Gasteiger partial charge in [0.2, 0.25) is 0 Å². The smallest absolute Gasteiger partial charge is 0.255 e. The largest absolute Gasteiger partial charge is 0.488 e. The van der Waals surface area contributed by atoms with E-state index in [9.17, 15) is 4.79 Å². The molecule has 4 heteroatoms. The molecule has 1 heterocycles. The van der Waals surface area contributed by atoms with Crippen LogP contribution in [-0.4, -0.2) is 25.0 Å². The summed E-state index contributed by atoms with van der Waals surface area (Å²) in [5.41, 5.74) is 2.90. The van der Waals surface area contributed by atoms with Crippen LogP contribution in [0.25, 0.3) is 0 Å². The quantitative estimate of drug-likeness (QED) is 0.893. The summed E-state index contributed by atoms with van der Waals surface area (Å²) < 4.78 is 5.91. The van der Waals surface area contributed by atoms with Gasteiger partial charge in [-0.2, -0.15) is 0 Å².